The Balaban J connectivity index is 1.44. The molecule has 5 atom stereocenters. The molecular formula is C19H25F2N3O2. The summed E-state index contributed by atoms with van der Waals surface area (Å²) in [6.45, 7) is 4.61. The van der Waals surface area contributed by atoms with Crippen LogP contribution in [0.15, 0.2) is 18.2 Å². The van der Waals surface area contributed by atoms with E-state index in [1.807, 2.05) is 4.90 Å². The monoisotopic (exact) mass is 365 g/mol. The van der Waals surface area contributed by atoms with E-state index >= 15 is 0 Å². The van der Waals surface area contributed by atoms with Crippen LogP contribution in [0.3, 0.4) is 0 Å². The summed E-state index contributed by atoms with van der Waals surface area (Å²) in [7, 11) is 0. The third-order valence-electron chi connectivity index (χ3n) is 6.17. The maximum absolute atomic E-state index is 14.1. The second kappa shape index (κ2) is 6.87. The Hall–Kier alpha value is -1.57. The maximum atomic E-state index is 14.1. The van der Waals surface area contributed by atoms with Gasteiger partial charge in [-0.25, -0.2) is 8.78 Å². The number of ether oxygens (including phenoxy) is 1. The predicted octanol–water partition coefficient (Wildman–Crippen LogP) is 1.67. The van der Waals surface area contributed by atoms with Crippen LogP contribution in [0.25, 0.3) is 0 Å². The molecule has 3 aliphatic heterocycles. The van der Waals surface area contributed by atoms with Gasteiger partial charge in [0.2, 0.25) is 5.91 Å². The summed E-state index contributed by atoms with van der Waals surface area (Å²) >= 11 is 0. The number of benzene rings is 1. The molecule has 0 bridgehead atoms. The number of hydrogen-bond donors (Lipinski definition) is 1. The van der Waals surface area contributed by atoms with Gasteiger partial charge in [0, 0.05) is 43.7 Å². The molecule has 1 aromatic carbocycles. The Morgan fingerprint density at radius 1 is 1.31 bits per heavy atom. The Morgan fingerprint density at radius 3 is 2.85 bits per heavy atom. The first-order chi connectivity index (χ1) is 12.4. The average molecular weight is 365 g/mol. The van der Waals surface area contributed by atoms with E-state index in [4.69, 9.17) is 10.5 Å². The van der Waals surface area contributed by atoms with Gasteiger partial charge < -0.3 is 15.4 Å². The standard InChI is InChI=1S/C19H25F2N3O2/c1-11(25)23-8-12-4-5-24(18(12)9-23)14-7-17(22)19(26-10-14)15-6-13(20)2-3-16(15)21/h2-3,6,12,14,17-19H,4-5,7-10,22H2,1H3/t12?,14-,17+,18?,19-/m1/s1. The molecule has 3 heterocycles. The number of nitrogens with two attached hydrogens (primary N) is 1. The van der Waals surface area contributed by atoms with E-state index in [0.717, 1.165) is 38.2 Å². The smallest absolute Gasteiger partial charge is 0.219 e. The molecule has 0 radical (unpaired) electrons. The van der Waals surface area contributed by atoms with E-state index in [1.54, 1.807) is 6.92 Å². The van der Waals surface area contributed by atoms with E-state index in [-0.39, 0.29) is 17.5 Å². The highest BCUT2D eigenvalue weighted by Gasteiger charge is 2.46. The molecule has 4 rings (SSSR count). The van der Waals surface area contributed by atoms with E-state index < -0.39 is 23.8 Å². The summed E-state index contributed by atoms with van der Waals surface area (Å²) in [5.74, 6) is -0.345. The zero-order chi connectivity index (χ0) is 18.4. The molecule has 0 aromatic heterocycles. The number of carbonyl (C=O) groups is 1. The Morgan fingerprint density at radius 2 is 2.12 bits per heavy atom. The number of amides is 1. The first-order valence-corrected chi connectivity index (χ1v) is 9.27. The molecule has 26 heavy (non-hydrogen) atoms. The van der Waals surface area contributed by atoms with Crippen molar-refractivity contribution in [1.29, 1.82) is 0 Å². The molecule has 3 fully saturated rings. The van der Waals surface area contributed by atoms with Crippen molar-refractivity contribution in [2.24, 2.45) is 11.7 Å². The van der Waals surface area contributed by atoms with Gasteiger partial charge in [0.1, 0.15) is 17.7 Å². The molecule has 1 amide bonds. The highest BCUT2D eigenvalue weighted by atomic mass is 19.1. The van der Waals surface area contributed by atoms with Crippen LogP contribution in [-0.2, 0) is 9.53 Å². The lowest BCUT2D eigenvalue weighted by Crippen LogP contribution is -2.52. The van der Waals surface area contributed by atoms with Crippen LogP contribution in [0, 0.1) is 17.6 Å². The molecule has 0 aliphatic carbocycles. The average Bonchev–Trinajstić information content (AvgIpc) is 3.18. The minimum atomic E-state index is -0.627. The maximum Gasteiger partial charge on any atom is 0.219 e. The lowest BCUT2D eigenvalue weighted by atomic mass is 9.92. The summed E-state index contributed by atoms with van der Waals surface area (Å²) < 4.78 is 33.5. The summed E-state index contributed by atoms with van der Waals surface area (Å²) in [4.78, 5) is 16.0. The molecule has 0 saturated carbocycles. The van der Waals surface area contributed by atoms with Gasteiger partial charge in [0.15, 0.2) is 0 Å². The van der Waals surface area contributed by atoms with Gasteiger partial charge in [-0.3, -0.25) is 9.69 Å². The van der Waals surface area contributed by atoms with Gasteiger partial charge in [-0.2, -0.15) is 0 Å². The van der Waals surface area contributed by atoms with Gasteiger partial charge in [0.25, 0.3) is 0 Å². The largest absolute Gasteiger partial charge is 0.370 e. The number of rotatable bonds is 2. The number of halogens is 2. The number of fused-ring (bicyclic) bond motifs is 1. The quantitative estimate of drug-likeness (QED) is 0.866. The normalized spacial score (nSPS) is 34.9. The van der Waals surface area contributed by atoms with E-state index in [0.29, 0.717) is 25.0 Å². The topological polar surface area (TPSA) is 58.8 Å². The second-order valence-corrected chi connectivity index (χ2v) is 7.75. The van der Waals surface area contributed by atoms with Crippen LogP contribution in [-0.4, -0.2) is 60.1 Å². The molecule has 3 aliphatic rings. The fraction of sp³-hybridized carbons (Fsp3) is 0.632. The van der Waals surface area contributed by atoms with Crippen LogP contribution in [0.4, 0.5) is 8.78 Å². The van der Waals surface area contributed by atoms with Crippen LogP contribution >= 0.6 is 0 Å². The van der Waals surface area contributed by atoms with E-state index in [9.17, 15) is 13.6 Å². The molecule has 7 heteroatoms. The lowest BCUT2D eigenvalue weighted by molar-refractivity contribution is -0.128. The molecule has 2 N–H and O–H groups in total. The summed E-state index contributed by atoms with van der Waals surface area (Å²) in [6, 6.07) is 3.50. The van der Waals surface area contributed by atoms with Gasteiger partial charge in [-0.05, 0) is 43.5 Å². The van der Waals surface area contributed by atoms with Gasteiger partial charge >= 0.3 is 0 Å². The van der Waals surface area contributed by atoms with Crippen molar-refractivity contribution in [2.45, 2.75) is 44.0 Å². The fourth-order valence-corrected chi connectivity index (χ4v) is 4.83. The highest BCUT2D eigenvalue weighted by Crippen LogP contribution is 2.37. The Kier molecular flexibility index (Phi) is 4.71. The second-order valence-electron chi connectivity index (χ2n) is 7.75. The van der Waals surface area contributed by atoms with Crippen molar-refractivity contribution in [3.8, 4) is 0 Å². The van der Waals surface area contributed by atoms with Gasteiger partial charge in [-0.1, -0.05) is 0 Å². The molecular weight excluding hydrogens is 340 g/mol. The van der Waals surface area contributed by atoms with Crippen molar-refractivity contribution < 1.29 is 18.3 Å². The number of nitrogens with zero attached hydrogens (tertiary/aromatic N) is 2. The van der Waals surface area contributed by atoms with Crippen molar-refractivity contribution >= 4 is 5.91 Å². The molecule has 1 aromatic rings. The van der Waals surface area contributed by atoms with Crippen molar-refractivity contribution in [3.05, 3.63) is 35.4 Å². The van der Waals surface area contributed by atoms with E-state index in [2.05, 4.69) is 4.90 Å². The zero-order valence-corrected chi connectivity index (χ0v) is 14.9. The minimum Gasteiger partial charge on any atom is -0.370 e. The highest BCUT2D eigenvalue weighted by molar-refractivity contribution is 5.73. The third kappa shape index (κ3) is 3.12. The Labute approximate surface area is 152 Å². The third-order valence-corrected chi connectivity index (χ3v) is 6.17. The minimum absolute atomic E-state index is 0.123. The molecule has 0 spiro atoms. The van der Waals surface area contributed by atoms with Crippen molar-refractivity contribution in [1.82, 2.24) is 9.80 Å². The van der Waals surface area contributed by atoms with E-state index in [1.165, 1.54) is 6.07 Å². The first-order valence-electron chi connectivity index (χ1n) is 9.27. The summed E-state index contributed by atoms with van der Waals surface area (Å²) in [5.41, 5.74) is 6.49. The van der Waals surface area contributed by atoms with Crippen LogP contribution in [0.1, 0.15) is 31.4 Å². The van der Waals surface area contributed by atoms with Crippen LogP contribution < -0.4 is 5.73 Å². The van der Waals surface area contributed by atoms with Gasteiger partial charge in [-0.15, -0.1) is 0 Å². The molecule has 5 nitrogen and oxygen atoms in total. The predicted molar refractivity (Wildman–Crippen MR) is 92.3 cm³/mol. The number of likely N-dealkylation sites (tertiary alicyclic amines) is 2. The van der Waals surface area contributed by atoms with Crippen molar-refractivity contribution in [3.63, 3.8) is 0 Å². The first kappa shape index (κ1) is 17.8. The molecule has 142 valence electrons. The number of carbonyl (C=O) groups excluding carboxylic acids is 1. The number of hydrogen-bond acceptors (Lipinski definition) is 4. The van der Waals surface area contributed by atoms with Crippen LogP contribution in [0.5, 0.6) is 0 Å². The van der Waals surface area contributed by atoms with Gasteiger partial charge in [0.05, 0.1) is 6.61 Å². The fourth-order valence-electron chi connectivity index (χ4n) is 4.83. The summed E-state index contributed by atoms with van der Waals surface area (Å²) in [6.07, 6.45) is 1.11. The zero-order valence-electron chi connectivity index (χ0n) is 14.9. The lowest BCUT2D eigenvalue weighted by Gasteiger charge is -2.41. The molecule has 3 saturated heterocycles. The van der Waals surface area contributed by atoms with Crippen LogP contribution in [0.2, 0.25) is 0 Å². The SMILES string of the molecule is CC(=O)N1CC2CCN([C@H]3CO[C@H](c4cc(F)ccc4F)[C@@H](N)C3)C2C1. The molecule has 2 unspecified atom stereocenters. The van der Waals surface area contributed by atoms with Crippen molar-refractivity contribution in [2.75, 3.05) is 26.2 Å². The Bertz CT molecular complexity index is 701. The summed E-state index contributed by atoms with van der Waals surface area (Å²) in [5, 5.41) is 0.